The molecule has 2 rings (SSSR count). The van der Waals surface area contributed by atoms with Crippen LogP contribution in [0.1, 0.15) is 26.2 Å². The summed E-state index contributed by atoms with van der Waals surface area (Å²) in [7, 11) is -0.681. The molecule has 3 nitrogen and oxygen atoms in total. The van der Waals surface area contributed by atoms with Gasteiger partial charge < -0.3 is 5.32 Å². The maximum absolute atomic E-state index is 11.3. The van der Waals surface area contributed by atoms with Crippen LogP contribution in [-0.2, 0) is 10.8 Å². The van der Waals surface area contributed by atoms with Crippen LogP contribution in [0.2, 0.25) is 0 Å². The summed E-state index contributed by atoms with van der Waals surface area (Å²) in [5.74, 6) is 3.52. The van der Waals surface area contributed by atoms with E-state index in [0.717, 1.165) is 16.8 Å². The molecule has 0 spiro atoms. The van der Waals surface area contributed by atoms with E-state index >= 15 is 0 Å². The minimum atomic E-state index is -0.681. The molecule has 2 fully saturated rings. The first kappa shape index (κ1) is 12.4. The van der Waals surface area contributed by atoms with E-state index in [-0.39, 0.29) is 0 Å². The molecule has 2 aliphatic rings. The van der Waals surface area contributed by atoms with Crippen molar-refractivity contribution in [2.75, 3.05) is 23.8 Å². The average molecular weight is 260 g/mol. The number of thioether (sulfide) groups is 1. The highest BCUT2D eigenvalue weighted by molar-refractivity contribution is 8.13. The second kappa shape index (κ2) is 6.05. The molecule has 1 heterocycles. The van der Waals surface area contributed by atoms with Crippen molar-refractivity contribution >= 4 is 27.7 Å². The van der Waals surface area contributed by atoms with E-state index in [1.807, 2.05) is 18.7 Å². The third-order valence-corrected chi connectivity index (χ3v) is 5.70. The second-order valence-corrected chi connectivity index (χ2v) is 7.25. The molecule has 0 aromatic heterocycles. The van der Waals surface area contributed by atoms with Gasteiger partial charge in [-0.1, -0.05) is 25.1 Å². The molecular formula is C11H20N2OS2. The van der Waals surface area contributed by atoms with Crippen LogP contribution < -0.4 is 5.32 Å². The molecule has 3 unspecified atom stereocenters. The number of nitrogens with zero attached hydrogens (tertiary/aromatic N) is 1. The van der Waals surface area contributed by atoms with Gasteiger partial charge in [-0.25, -0.2) is 0 Å². The molecule has 3 atom stereocenters. The van der Waals surface area contributed by atoms with Gasteiger partial charge in [0.25, 0.3) is 0 Å². The highest BCUT2D eigenvalue weighted by Crippen LogP contribution is 2.32. The fraction of sp³-hybridized carbons (Fsp3) is 0.909. The molecule has 0 amide bonds. The van der Waals surface area contributed by atoms with Crippen molar-refractivity contribution in [3.05, 3.63) is 0 Å². The fourth-order valence-electron chi connectivity index (χ4n) is 2.30. The molecule has 1 aliphatic carbocycles. The van der Waals surface area contributed by atoms with Crippen LogP contribution in [0, 0.1) is 5.92 Å². The first-order chi connectivity index (χ1) is 7.79. The second-order valence-electron chi connectivity index (χ2n) is 4.37. The molecule has 0 aromatic carbocycles. The summed E-state index contributed by atoms with van der Waals surface area (Å²) < 4.78 is 11.3. The molecule has 0 radical (unpaired) electrons. The summed E-state index contributed by atoms with van der Waals surface area (Å²) in [4.78, 5) is 4.51. The number of hydrogen-bond acceptors (Lipinski definition) is 3. The molecule has 92 valence electrons. The van der Waals surface area contributed by atoms with E-state index < -0.39 is 10.8 Å². The van der Waals surface area contributed by atoms with Crippen LogP contribution in [0.4, 0.5) is 0 Å². The first-order valence-electron chi connectivity index (χ1n) is 6.08. The van der Waals surface area contributed by atoms with Gasteiger partial charge in [0.05, 0.1) is 6.54 Å². The molecule has 1 aliphatic heterocycles. The highest BCUT2D eigenvalue weighted by atomic mass is 32.2. The minimum absolute atomic E-state index is 0.664. The monoisotopic (exact) mass is 260 g/mol. The van der Waals surface area contributed by atoms with Crippen LogP contribution in [-0.4, -0.2) is 39.2 Å². The van der Waals surface area contributed by atoms with Gasteiger partial charge in [0, 0.05) is 34.1 Å². The summed E-state index contributed by atoms with van der Waals surface area (Å²) in [6.07, 6.45) is 4.03. The zero-order chi connectivity index (χ0) is 11.4. The first-order valence-corrected chi connectivity index (χ1v) is 8.55. The Balaban J connectivity index is 1.77. The van der Waals surface area contributed by atoms with Crippen LogP contribution in [0.25, 0.3) is 0 Å². The quantitative estimate of drug-likeness (QED) is 0.835. The Kier molecular flexibility index (Phi) is 4.70. The van der Waals surface area contributed by atoms with Gasteiger partial charge in [0.15, 0.2) is 5.17 Å². The van der Waals surface area contributed by atoms with E-state index in [2.05, 4.69) is 10.3 Å². The number of hydrogen-bond donors (Lipinski definition) is 1. The smallest absolute Gasteiger partial charge is 0.156 e. The molecule has 16 heavy (non-hydrogen) atoms. The van der Waals surface area contributed by atoms with Crippen molar-refractivity contribution in [1.29, 1.82) is 0 Å². The standard InChI is InChI=1S/C11H20N2OS2/c1-2-16(14)7-6-12-11-13-10-5-3-4-9(10)8-15-11/h9-10H,2-8H2,1H3,(H,12,13). The Labute approximate surface area is 104 Å². The van der Waals surface area contributed by atoms with E-state index in [1.54, 1.807) is 0 Å². The summed E-state index contributed by atoms with van der Waals surface area (Å²) in [5.41, 5.74) is 0. The highest BCUT2D eigenvalue weighted by Gasteiger charge is 2.31. The van der Waals surface area contributed by atoms with Gasteiger partial charge in [-0.05, 0) is 18.8 Å². The molecule has 0 aromatic rings. The summed E-state index contributed by atoms with van der Waals surface area (Å²) in [6.45, 7) is 2.66. The molecule has 1 saturated carbocycles. The number of amidine groups is 1. The molecule has 0 bridgehead atoms. The lowest BCUT2D eigenvalue weighted by molar-refractivity contribution is 0.490. The predicted octanol–water partition coefficient (Wildman–Crippen LogP) is 1.62. The van der Waals surface area contributed by atoms with Gasteiger partial charge in [0.1, 0.15) is 0 Å². The lowest BCUT2D eigenvalue weighted by Crippen LogP contribution is -2.41. The number of fused-ring (bicyclic) bond motifs is 1. The summed E-state index contributed by atoms with van der Waals surface area (Å²) in [5, 5.41) is 4.60. The van der Waals surface area contributed by atoms with Gasteiger partial charge >= 0.3 is 0 Å². The summed E-state index contributed by atoms with van der Waals surface area (Å²) >= 11 is 1.84. The zero-order valence-corrected chi connectivity index (χ0v) is 11.4. The van der Waals surface area contributed by atoms with Crippen LogP contribution >= 0.6 is 11.8 Å². The lowest BCUT2D eigenvalue weighted by Gasteiger charge is -2.28. The number of nitrogens with one attached hydrogen (secondary N) is 1. The minimum Gasteiger partial charge on any atom is -0.362 e. The Morgan fingerprint density at radius 1 is 1.56 bits per heavy atom. The Morgan fingerprint density at radius 2 is 2.44 bits per heavy atom. The van der Waals surface area contributed by atoms with Crippen LogP contribution in [0.5, 0.6) is 0 Å². The molecule has 5 heteroatoms. The average Bonchev–Trinajstić information content (AvgIpc) is 2.76. The van der Waals surface area contributed by atoms with Gasteiger partial charge in [0.2, 0.25) is 0 Å². The SMILES string of the molecule is CCS(=O)CCN=C1NC2CCCC2CS1. The van der Waals surface area contributed by atoms with Crippen molar-refractivity contribution in [3.63, 3.8) is 0 Å². The lowest BCUT2D eigenvalue weighted by atomic mass is 10.1. The van der Waals surface area contributed by atoms with Crippen LogP contribution in [0.15, 0.2) is 4.99 Å². The largest absolute Gasteiger partial charge is 0.362 e. The van der Waals surface area contributed by atoms with Gasteiger partial charge in [-0.2, -0.15) is 0 Å². The number of rotatable bonds is 4. The fourth-order valence-corrected chi connectivity index (χ4v) is 4.07. The normalized spacial score (nSPS) is 33.4. The zero-order valence-electron chi connectivity index (χ0n) is 9.78. The Bertz CT molecular complexity index is 294. The van der Waals surface area contributed by atoms with Crippen molar-refractivity contribution in [1.82, 2.24) is 5.32 Å². The van der Waals surface area contributed by atoms with Crippen molar-refractivity contribution in [2.45, 2.75) is 32.2 Å². The van der Waals surface area contributed by atoms with Crippen LogP contribution in [0.3, 0.4) is 0 Å². The Hall–Kier alpha value is -0.0300. The van der Waals surface area contributed by atoms with Crippen molar-refractivity contribution in [2.24, 2.45) is 10.9 Å². The van der Waals surface area contributed by atoms with E-state index in [9.17, 15) is 4.21 Å². The molecule has 1 saturated heterocycles. The topological polar surface area (TPSA) is 41.5 Å². The summed E-state index contributed by atoms with van der Waals surface area (Å²) in [6, 6.07) is 0.664. The van der Waals surface area contributed by atoms with E-state index in [1.165, 1.54) is 25.0 Å². The third kappa shape index (κ3) is 3.23. The van der Waals surface area contributed by atoms with E-state index in [4.69, 9.17) is 0 Å². The predicted molar refractivity (Wildman–Crippen MR) is 72.6 cm³/mol. The van der Waals surface area contributed by atoms with Crippen molar-refractivity contribution in [3.8, 4) is 0 Å². The third-order valence-electron chi connectivity index (χ3n) is 3.30. The molecule has 1 N–H and O–H groups in total. The maximum atomic E-state index is 11.3. The number of aliphatic imine (C=N–C) groups is 1. The van der Waals surface area contributed by atoms with Gasteiger partial charge in [-0.3, -0.25) is 9.20 Å². The van der Waals surface area contributed by atoms with Gasteiger partial charge in [-0.15, -0.1) is 0 Å². The van der Waals surface area contributed by atoms with E-state index in [0.29, 0.717) is 18.3 Å². The van der Waals surface area contributed by atoms with Crippen molar-refractivity contribution < 1.29 is 4.21 Å². The maximum Gasteiger partial charge on any atom is 0.156 e. The molecular weight excluding hydrogens is 240 g/mol. The Morgan fingerprint density at radius 3 is 3.25 bits per heavy atom.